The molecule has 3 rings (SSSR count). The van der Waals surface area contributed by atoms with Crippen molar-refractivity contribution in [2.45, 2.75) is 25.5 Å². The van der Waals surface area contributed by atoms with Crippen LogP contribution in [0.25, 0.3) is 0 Å². The molecule has 1 aromatic heterocycles. The first-order valence-electron chi connectivity index (χ1n) is 7.03. The summed E-state index contributed by atoms with van der Waals surface area (Å²) >= 11 is 0. The second-order valence-corrected chi connectivity index (χ2v) is 5.42. The molecule has 1 aliphatic heterocycles. The number of aliphatic hydroxyl groups excluding tert-OH is 1. The minimum Gasteiger partial charge on any atom is -0.391 e. The van der Waals surface area contributed by atoms with Gasteiger partial charge >= 0.3 is 0 Å². The fourth-order valence-corrected chi connectivity index (χ4v) is 2.77. The van der Waals surface area contributed by atoms with Gasteiger partial charge in [-0.25, -0.2) is 14.4 Å². The van der Waals surface area contributed by atoms with Crippen molar-refractivity contribution in [3.8, 4) is 6.07 Å². The molecule has 0 aliphatic carbocycles. The van der Waals surface area contributed by atoms with Crippen LogP contribution in [-0.4, -0.2) is 27.7 Å². The quantitative estimate of drug-likeness (QED) is 0.919. The van der Waals surface area contributed by atoms with E-state index in [9.17, 15) is 9.50 Å². The average molecular weight is 298 g/mol. The molecule has 2 heterocycles. The van der Waals surface area contributed by atoms with E-state index < -0.39 is 6.10 Å². The second kappa shape index (κ2) is 5.70. The first-order chi connectivity index (χ1) is 10.6. The number of hydrogen-bond donors (Lipinski definition) is 1. The van der Waals surface area contributed by atoms with Crippen LogP contribution in [0.3, 0.4) is 0 Å². The molecule has 0 amide bonds. The predicted molar refractivity (Wildman–Crippen MR) is 78.6 cm³/mol. The molecule has 1 aliphatic rings. The van der Waals surface area contributed by atoms with Crippen LogP contribution in [0.1, 0.15) is 29.4 Å². The molecule has 1 fully saturated rings. The Hall–Kier alpha value is -2.52. The van der Waals surface area contributed by atoms with Crippen molar-refractivity contribution in [1.29, 1.82) is 5.26 Å². The molecule has 0 unspecified atom stereocenters. The van der Waals surface area contributed by atoms with Crippen LogP contribution in [0.15, 0.2) is 30.3 Å². The fraction of sp³-hybridized carbons (Fsp3) is 0.312. The monoisotopic (exact) mass is 298 g/mol. The maximum atomic E-state index is 13.1. The van der Waals surface area contributed by atoms with Crippen LogP contribution < -0.4 is 4.90 Å². The van der Waals surface area contributed by atoms with Gasteiger partial charge in [0, 0.05) is 12.2 Å². The number of aryl methyl sites for hydroxylation is 1. The number of rotatable bonds is 2. The van der Waals surface area contributed by atoms with Crippen molar-refractivity contribution in [3.63, 3.8) is 0 Å². The molecule has 6 heteroatoms. The van der Waals surface area contributed by atoms with Crippen LogP contribution in [0, 0.1) is 24.1 Å². The first-order valence-corrected chi connectivity index (χ1v) is 7.03. The molecule has 1 N–H and O–H groups in total. The number of β-amino-alcohol motifs (C(OH)–C–C–N with tert-alkyl or cyclic N) is 1. The molecule has 2 atom stereocenters. The maximum Gasteiger partial charge on any atom is 0.227 e. The summed E-state index contributed by atoms with van der Waals surface area (Å²) < 4.78 is 13.1. The summed E-state index contributed by atoms with van der Waals surface area (Å²) in [6.45, 7) is 2.18. The third-order valence-corrected chi connectivity index (χ3v) is 3.75. The summed E-state index contributed by atoms with van der Waals surface area (Å²) in [4.78, 5) is 10.5. The third-order valence-electron chi connectivity index (χ3n) is 3.75. The molecule has 2 aromatic rings. The van der Waals surface area contributed by atoms with E-state index in [2.05, 4.69) is 9.97 Å². The summed E-state index contributed by atoms with van der Waals surface area (Å²) in [6, 6.07) is 9.69. The minimum absolute atomic E-state index is 0.135. The molecular weight excluding hydrogens is 283 g/mol. The van der Waals surface area contributed by atoms with Gasteiger partial charge in [-0.3, -0.25) is 0 Å². The lowest BCUT2D eigenvalue weighted by atomic mass is 10.0. The summed E-state index contributed by atoms with van der Waals surface area (Å²) in [7, 11) is 0. The number of aliphatic hydroxyl groups is 1. The Labute approximate surface area is 127 Å². The van der Waals surface area contributed by atoms with Gasteiger partial charge in [-0.05, 0) is 37.1 Å². The van der Waals surface area contributed by atoms with E-state index in [1.54, 1.807) is 25.1 Å². The lowest BCUT2D eigenvalue weighted by molar-refractivity contribution is 0.194. The van der Waals surface area contributed by atoms with Gasteiger partial charge in [-0.2, -0.15) is 5.26 Å². The molecule has 112 valence electrons. The van der Waals surface area contributed by atoms with Crippen LogP contribution in [0.5, 0.6) is 0 Å². The molecule has 0 bridgehead atoms. The van der Waals surface area contributed by atoms with E-state index in [4.69, 9.17) is 5.26 Å². The summed E-state index contributed by atoms with van der Waals surface area (Å²) in [5.41, 5.74) is 1.88. The Kier molecular flexibility index (Phi) is 3.73. The van der Waals surface area contributed by atoms with Crippen molar-refractivity contribution in [2.75, 3.05) is 11.4 Å². The number of benzene rings is 1. The standard InChI is InChI=1S/C16H15FN4O/c1-10-6-13(8-18)20-16(19-10)21-9-14(22)7-15(21)11-2-4-12(17)5-3-11/h2-6,14-15,22H,7,9H2,1H3/t14-,15+/m0/s1. The molecule has 1 saturated heterocycles. The van der Waals surface area contributed by atoms with Crippen LogP contribution >= 0.6 is 0 Å². The lowest BCUT2D eigenvalue weighted by Crippen LogP contribution is -2.26. The predicted octanol–water partition coefficient (Wildman–Crippen LogP) is 2.11. The van der Waals surface area contributed by atoms with E-state index in [0.717, 1.165) is 5.56 Å². The summed E-state index contributed by atoms with van der Waals surface area (Å²) in [5.74, 6) is 0.120. The maximum absolute atomic E-state index is 13.1. The number of halogens is 1. The average Bonchev–Trinajstić information content (AvgIpc) is 2.89. The molecule has 0 radical (unpaired) electrons. The zero-order valence-corrected chi connectivity index (χ0v) is 12.1. The fourth-order valence-electron chi connectivity index (χ4n) is 2.77. The smallest absolute Gasteiger partial charge is 0.227 e. The van der Waals surface area contributed by atoms with Gasteiger partial charge in [0.15, 0.2) is 0 Å². The second-order valence-electron chi connectivity index (χ2n) is 5.42. The highest BCUT2D eigenvalue weighted by molar-refractivity contribution is 5.42. The van der Waals surface area contributed by atoms with E-state index in [1.807, 2.05) is 11.0 Å². The molecule has 0 spiro atoms. The highest BCUT2D eigenvalue weighted by atomic mass is 19.1. The zero-order valence-electron chi connectivity index (χ0n) is 12.1. The van der Waals surface area contributed by atoms with E-state index in [1.165, 1.54) is 12.1 Å². The third kappa shape index (κ3) is 2.76. The number of anilines is 1. The SMILES string of the molecule is Cc1cc(C#N)nc(N2C[C@@H](O)C[C@@H]2c2ccc(F)cc2)n1. The Morgan fingerprint density at radius 3 is 2.73 bits per heavy atom. The van der Waals surface area contributed by atoms with Crippen molar-refractivity contribution < 1.29 is 9.50 Å². The molecule has 1 aromatic carbocycles. The van der Waals surface area contributed by atoms with Gasteiger partial charge in [0.1, 0.15) is 17.6 Å². The van der Waals surface area contributed by atoms with Crippen LogP contribution in [-0.2, 0) is 0 Å². The normalized spacial score (nSPS) is 20.9. The highest BCUT2D eigenvalue weighted by Crippen LogP contribution is 2.34. The number of hydrogen-bond acceptors (Lipinski definition) is 5. The zero-order chi connectivity index (χ0) is 15.7. The van der Waals surface area contributed by atoms with Crippen molar-refractivity contribution in [2.24, 2.45) is 0 Å². The molecule has 0 saturated carbocycles. The minimum atomic E-state index is -0.510. The Bertz CT molecular complexity index is 726. The van der Waals surface area contributed by atoms with Crippen LogP contribution in [0.4, 0.5) is 10.3 Å². The largest absolute Gasteiger partial charge is 0.391 e. The van der Waals surface area contributed by atoms with E-state index in [0.29, 0.717) is 30.3 Å². The van der Waals surface area contributed by atoms with Gasteiger partial charge < -0.3 is 10.0 Å². The van der Waals surface area contributed by atoms with Crippen molar-refractivity contribution in [3.05, 3.63) is 53.1 Å². The topological polar surface area (TPSA) is 73.0 Å². The van der Waals surface area contributed by atoms with Crippen molar-refractivity contribution in [1.82, 2.24) is 9.97 Å². The highest BCUT2D eigenvalue weighted by Gasteiger charge is 2.34. The number of nitrogens with zero attached hydrogens (tertiary/aromatic N) is 4. The molecular formula is C16H15FN4O. The van der Waals surface area contributed by atoms with Gasteiger partial charge in [-0.1, -0.05) is 12.1 Å². The van der Waals surface area contributed by atoms with Gasteiger partial charge in [0.05, 0.1) is 12.1 Å². The number of aromatic nitrogens is 2. The van der Waals surface area contributed by atoms with Gasteiger partial charge in [0.25, 0.3) is 0 Å². The Morgan fingerprint density at radius 1 is 1.32 bits per heavy atom. The Balaban J connectivity index is 1.99. The van der Waals surface area contributed by atoms with Gasteiger partial charge in [0.2, 0.25) is 5.95 Å². The van der Waals surface area contributed by atoms with E-state index >= 15 is 0 Å². The molecule has 5 nitrogen and oxygen atoms in total. The van der Waals surface area contributed by atoms with Crippen molar-refractivity contribution >= 4 is 5.95 Å². The first kappa shape index (κ1) is 14.4. The summed E-state index contributed by atoms with van der Waals surface area (Å²) in [6.07, 6.45) is 0.00914. The lowest BCUT2D eigenvalue weighted by Gasteiger charge is -2.25. The number of nitriles is 1. The summed E-state index contributed by atoms with van der Waals surface area (Å²) in [5, 5.41) is 19.1. The Morgan fingerprint density at radius 2 is 2.05 bits per heavy atom. The van der Waals surface area contributed by atoms with Gasteiger partial charge in [-0.15, -0.1) is 0 Å². The van der Waals surface area contributed by atoms with Crippen LogP contribution in [0.2, 0.25) is 0 Å². The molecule has 22 heavy (non-hydrogen) atoms. The van der Waals surface area contributed by atoms with E-state index in [-0.39, 0.29) is 11.9 Å².